The first-order valence-electron chi connectivity index (χ1n) is 5.67. The summed E-state index contributed by atoms with van der Waals surface area (Å²) in [5.41, 5.74) is 2.97. The monoisotopic (exact) mass is 258 g/mol. The van der Waals surface area contributed by atoms with Crippen molar-refractivity contribution in [1.29, 1.82) is 0 Å². The largest absolute Gasteiger partial charge is 0.293 e. The number of hydrogen-bond acceptors (Lipinski definition) is 4. The van der Waals surface area contributed by atoms with Crippen LogP contribution in [0.4, 0.5) is 0 Å². The van der Waals surface area contributed by atoms with Gasteiger partial charge < -0.3 is 0 Å². The van der Waals surface area contributed by atoms with Crippen molar-refractivity contribution < 1.29 is 4.79 Å². The van der Waals surface area contributed by atoms with E-state index in [1.165, 1.54) is 17.3 Å². The van der Waals surface area contributed by atoms with Crippen molar-refractivity contribution in [3.63, 3.8) is 0 Å². The number of carbonyl (C=O) groups is 1. The maximum absolute atomic E-state index is 12.1. The van der Waals surface area contributed by atoms with E-state index < -0.39 is 0 Å². The number of rotatable bonds is 4. The third-order valence-corrected chi connectivity index (χ3v) is 3.43. The second-order valence-electron chi connectivity index (χ2n) is 4.06. The lowest BCUT2D eigenvalue weighted by Crippen LogP contribution is -2.05. The Kier molecular flexibility index (Phi) is 4.10. The molecular weight excluding hydrogens is 244 g/mol. The highest BCUT2D eigenvalue weighted by Crippen LogP contribution is 2.17. The topological polar surface area (TPSA) is 42.9 Å². The molecule has 1 aromatic heterocycles. The predicted octanol–water partition coefficient (Wildman–Crippen LogP) is 3.07. The highest BCUT2D eigenvalue weighted by atomic mass is 32.2. The Labute approximate surface area is 111 Å². The van der Waals surface area contributed by atoms with Gasteiger partial charge in [0.2, 0.25) is 0 Å². The van der Waals surface area contributed by atoms with Crippen molar-refractivity contribution in [2.24, 2.45) is 0 Å². The number of nitrogens with zero attached hydrogens (tertiary/aromatic N) is 2. The zero-order chi connectivity index (χ0) is 13.0. The number of aryl methyl sites for hydroxylation is 2. The van der Waals surface area contributed by atoms with Crippen LogP contribution in [0.2, 0.25) is 0 Å². The second-order valence-corrected chi connectivity index (χ2v) is 5.00. The lowest BCUT2D eigenvalue weighted by molar-refractivity contribution is 0.102. The van der Waals surface area contributed by atoms with E-state index in [-0.39, 0.29) is 5.78 Å². The molecule has 0 bridgehead atoms. The van der Waals surface area contributed by atoms with Crippen molar-refractivity contribution >= 4 is 17.5 Å². The van der Waals surface area contributed by atoms with Gasteiger partial charge in [0.25, 0.3) is 0 Å². The van der Waals surface area contributed by atoms with Crippen molar-refractivity contribution in [3.05, 3.63) is 53.3 Å². The molecule has 0 amide bonds. The van der Waals surface area contributed by atoms with Gasteiger partial charge in [-0.2, -0.15) is 0 Å². The van der Waals surface area contributed by atoms with Crippen LogP contribution in [0, 0.1) is 13.8 Å². The van der Waals surface area contributed by atoms with Crippen LogP contribution in [0.1, 0.15) is 21.5 Å². The quantitative estimate of drug-likeness (QED) is 0.480. The van der Waals surface area contributed by atoms with E-state index in [0.29, 0.717) is 10.9 Å². The van der Waals surface area contributed by atoms with Crippen LogP contribution in [0.25, 0.3) is 0 Å². The average Bonchev–Trinajstić information content (AvgIpc) is 2.37. The lowest BCUT2D eigenvalue weighted by atomic mass is 10.0. The number of hydrogen-bond donors (Lipinski definition) is 0. The fourth-order valence-electron chi connectivity index (χ4n) is 1.69. The first-order valence-corrected chi connectivity index (χ1v) is 6.65. The third-order valence-electron chi connectivity index (χ3n) is 2.56. The SMILES string of the molecule is Cc1ccc(C(=O)CSc2ncccn2)c(C)c1. The molecule has 4 heteroatoms. The first kappa shape index (κ1) is 12.8. The van der Waals surface area contributed by atoms with Gasteiger partial charge in [0, 0.05) is 18.0 Å². The Morgan fingerprint density at radius 1 is 1.22 bits per heavy atom. The molecule has 1 aromatic carbocycles. The van der Waals surface area contributed by atoms with E-state index in [9.17, 15) is 4.79 Å². The maximum Gasteiger partial charge on any atom is 0.187 e. The minimum Gasteiger partial charge on any atom is -0.293 e. The van der Waals surface area contributed by atoms with Crippen molar-refractivity contribution in [2.45, 2.75) is 19.0 Å². The number of carbonyl (C=O) groups excluding carboxylic acids is 1. The van der Waals surface area contributed by atoms with Crippen LogP contribution in [0.5, 0.6) is 0 Å². The zero-order valence-corrected chi connectivity index (χ0v) is 11.2. The van der Waals surface area contributed by atoms with E-state index in [1.807, 2.05) is 32.0 Å². The van der Waals surface area contributed by atoms with Gasteiger partial charge in [0.05, 0.1) is 5.75 Å². The van der Waals surface area contributed by atoms with E-state index in [4.69, 9.17) is 0 Å². The molecule has 0 fully saturated rings. The summed E-state index contributed by atoms with van der Waals surface area (Å²) < 4.78 is 0. The first-order chi connectivity index (χ1) is 8.66. The van der Waals surface area contributed by atoms with Crippen molar-refractivity contribution in [3.8, 4) is 0 Å². The van der Waals surface area contributed by atoms with E-state index >= 15 is 0 Å². The van der Waals surface area contributed by atoms with Crippen LogP contribution in [-0.2, 0) is 0 Å². The summed E-state index contributed by atoms with van der Waals surface area (Å²) in [6, 6.07) is 7.64. The molecule has 0 aliphatic carbocycles. The van der Waals surface area contributed by atoms with Crippen LogP contribution in [-0.4, -0.2) is 21.5 Å². The molecule has 18 heavy (non-hydrogen) atoms. The molecule has 0 unspecified atom stereocenters. The van der Waals surface area contributed by atoms with Gasteiger partial charge in [-0.05, 0) is 25.5 Å². The molecule has 0 aliphatic heterocycles. The van der Waals surface area contributed by atoms with E-state index in [0.717, 1.165) is 11.1 Å². The van der Waals surface area contributed by atoms with Crippen LogP contribution >= 0.6 is 11.8 Å². The molecule has 0 spiro atoms. The summed E-state index contributed by atoms with van der Waals surface area (Å²) in [6.45, 7) is 3.98. The summed E-state index contributed by atoms with van der Waals surface area (Å²) in [6.07, 6.45) is 3.36. The smallest absolute Gasteiger partial charge is 0.187 e. The normalized spacial score (nSPS) is 10.3. The van der Waals surface area contributed by atoms with Crippen LogP contribution < -0.4 is 0 Å². The predicted molar refractivity (Wildman–Crippen MR) is 73.0 cm³/mol. The molecule has 3 nitrogen and oxygen atoms in total. The molecule has 0 radical (unpaired) electrons. The van der Waals surface area contributed by atoms with Crippen LogP contribution in [0.15, 0.2) is 41.8 Å². The maximum atomic E-state index is 12.1. The van der Waals surface area contributed by atoms with Crippen molar-refractivity contribution in [1.82, 2.24) is 9.97 Å². The summed E-state index contributed by atoms with van der Waals surface area (Å²) in [5.74, 6) is 0.485. The van der Waals surface area contributed by atoms with Gasteiger partial charge in [0.1, 0.15) is 0 Å². The number of aromatic nitrogens is 2. The molecule has 0 atom stereocenters. The molecule has 1 heterocycles. The molecule has 0 aliphatic rings. The third kappa shape index (κ3) is 3.17. The summed E-state index contributed by atoms with van der Waals surface area (Å²) in [4.78, 5) is 20.2. The lowest BCUT2D eigenvalue weighted by Gasteiger charge is -2.05. The van der Waals surface area contributed by atoms with Gasteiger partial charge in [-0.25, -0.2) is 9.97 Å². The van der Waals surface area contributed by atoms with Gasteiger partial charge in [-0.1, -0.05) is 35.5 Å². The molecule has 2 rings (SSSR count). The molecule has 0 saturated carbocycles. The Morgan fingerprint density at radius 3 is 2.61 bits per heavy atom. The highest BCUT2D eigenvalue weighted by Gasteiger charge is 2.10. The Bertz CT molecular complexity index is 555. The minimum absolute atomic E-state index is 0.116. The van der Waals surface area contributed by atoms with Gasteiger partial charge in [-0.15, -0.1) is 0 Å². The zero-order valence-electron chi connectivity index (χ0n) is 10.4. The Balaban J connectivity index is 2.04. The number of thioether (sulfide) groups is 1. The summed E-state index contributed by atoms with van der Waals surface area (Å²) >= 11 is 1.36. The molecule has 2 aromatic rings. The highest BCUT2D eigenvalue weighted by molar-refractivity contribution is 7.99. The number of ketones is 1. The van der Waals surface area contributed by atoms with E-state index in [2.05, 4.69) is 9.97 Å². The Hall–Kier alpha value is -1.68. The van der Waals surface area contributed by atoms with Crippen molar-refractivity contribution in [2.75, 3.05) is 5.75 Å². The fraction of sp³-hybridized carbons (Fsp3) is 0.214. The molecular formula is C14H14N2OS. The summed E-state index contributed by atoms with van der Waals surface area (Å²) in [7, 11) is 0. The average molecular weight is 258 g/mol. The summed E-state index contributed by atoms with van der Waals surface area (Å²) in [5, 5.41) is 0.635. The standard InChI is InChI=1S/C14H14N2OS/c1-10-4-5-12(11(2)8-10)13(17)9-18-14-15-6-3-7-16-14/h3-8H,9H2,1-2H3. The van der Waals surface area contributed by atoms with Gasteiger partial charge in [0.15, 0.2) is 10.9 Å². The molecule has 0 N–H and O–H groups in total. The molecule has 92 valence electrons. The molecule has 0 saturated heterocycles. The van der Waals surface area contributed by atoms with Gasteiger partial charge in [-0.3, -0.25) is 4.79 Å². The minimum atomic E-state index is 0.116. The van der Waals surface area contributed by atoms with Gasteiger partial charge >= 0.3 is 0 Å². The number of benzene rings is 1. The van der Waals surface area contributed by atoms with Crippen LogP contribution in [0.3, 0.4) is 0 Å². The number of Topliss-reactive ketones (excluding diaryl/α,β-unsaturated/α-hetero) is 1. The Morgan fingerprint density at radius 2 is 1.94 bits per heavy atom. The second kappa shape index (κ2) is 5.78. The fourth-order valence-corrected chi connectivity index (χ4v) is 2.38. The van der Waals surface area contributed by atoms with E-state index in [1.54, 1.807) is 18.5 Å².